The van der Waals surface area contributed by atoms with Crippen molar-refractivity contribution in [2.75, 3.05) is 11.9 Å². The molecule has 1 aliphatic rings. The minimum Gasteiger partial charge on any atom is -0.330 e. The fourth-order valence-corrected chi connectivity index (χ4v) is 4.61. The molecule has 0 saturated heterocycles. The number of carbonyl (C=O) groups excluding carboxylic acids is 1. The van der Waals surface area contributed by atoms with Crippen LogP contribution in [0.4, 0.5) is 5.13 Å². The molecule has 1 saturated carbocycles. The number of carbonyl (C=O) groups is 1. The van der Waals surface area contributed by atoms with Gasteiger partial charge in [-0.2, -0.15) is 0 Å². The van der Waals surface area contributed by atoms with Gasteiger partial charge >= 0.3 is 0 Å². The van der Waals surface area contributed by atoms with Crippen LogP contribution in [0.25, 0.3) is 0 Å². The van der Waals surface area contributed by atoms with E-state index in [0.29, 0.717) is 17.6 Å². The smallest absolute Gasteiger partial charge is 0.229 e. The lowest BCUT2D eigenvalue weighted by atomic mass is 9.95. The van der Waals surface area contributed by atoms with Gasteiger partial charge in [0, 0.05) is 11.7 Å². The minimum atomic E-state index is 0. The molecule has 1 fully saturated rings. The lowest BCUT2D eigenvalue weighted by Crippen LogP contribution is -2.29. The van der Waals surface area contributed by atoms with Crippen LogP contribution in [-0.4, -0.2) is 22.6 Å². The zero-order valence-electron chi connectivity index (χ0n) is 13.2. The van der Waals surface area contributed by atoms with Crippen LogP contribution in [0.1, 0.15) is 24.8 Å². The van der Waals surface area contributed by atoms with Crippen LogP contribution in [0.3, 0.4) is 0 Å². The number of aromatic nitrogens is 2. The molecule has 2 atom stereocenters. The summed E-state index contributed by atoms with van der Waals surface area (Å²) in [5, 5.41) is 11.7. The Hall–Kier alpha value is -1.15. The van der Waals surface area contributed by atoms with Crippen molar-refractivity contribution in [1.29, 1.82) is 0 Å². The van der Waals surface area contributed by atoms with Gasteiger partial charge in [-0.1, -0.05) is 59.9 Å². The summed E-state index contributed by atoms with van der Waals surface area (Å²) in [6.45, 7) is 0.576. The lowest BCUT2D eigenvalue weighted by Gasteiger charge is -2.15. The summed E-state index contributed by atoms with van der Waals surface area (Å²) in [6, 6.07) is 10.2. The molecule has 130 valence electrons. The van der Waals surface area contributed by atoms with Crippen molar-refractivity contribution >= 4 is 46.5 Å². The van der Waals surface area contributed by atoms with Gasteiger partial charge in [-0.25, -0.2) is 0 Å². The molecular weight excluding hydrogens is 364 g/mol. The first-order chi connectivity index (χ1) is 11.3. The summed E-state index contributed by atoms with van der Waals surface area (Å²) in [6.07, 6.45) is 3.04. The van der Waals surface area contributed by atoms with Gasteiger partial charge in [0.2, 0.25) is 11.0 Å². The molecule has 0 spiro atoms. The van der Waals surface area contributed by atoms with Gasteiger partial charge in [0.15, 0.2) is 4.34 Å². The Morgan fingerprint density at radius 1 is 1.29 bits per heavy atom. The summed E-state index contributed by atoms with van der Waals surface area (Å²) in [4.78, 5) is 12.3. The van der Waals surface area contributed by atoms with E-state index in [0.717, 1.165) is 29.4 Å². The molecule has 1 amide bonds. The van der Waals surface area contributed by atoms with E-state index in [4.69, 9.17) is 5.73 Å². The van der Waals surface area contributed by atoms with Gasteiger partial charge in [-0.05, 0) is 30.9 Å². The molecule has 8 heteroatoms. The Labute approximate surface area is 156 Å². The SMILES string of the molecule is Cl.NC[C@H]1CCC[C@H]1C(=O)Nc1nnc(SCc2ccccc2)s1. The topological polar surface area (TPSA) is 80.9 Å². The van der Waals surface area contributed by atoms with Gasteiger partial charge in [-0.3, -0.25) is 4.79 Å². The third-order valence-electron chi connectivity index (χ3n) is 4.14. The highest BCUT2D eigenvalue weighted by molar-refractivity contribution is 8.00. The average Bonchev–Trinajstić information content (AvgIpc) is 3.22. The molecule has 2 aromatic rings. The van der Waals surface area contributed by atoms with E-state index >= 15 is 0 Å². The molecule has 1 aromatic carbocycles. The first kappa shape index (κ1) is 19.2. The van der Waals surface area contributed by atoms with Crippen molar-refractivity contribution in [3.63, 3.8) is 0 Å². The predicted molar refractivity (Wildman–Crippen MR) is 102 cm³/mol. The Bertz CT molecular complexity index is 653. The van der Waals surface area contributed by atoms with Crippen molar-refractivity contribution in [2.24, 2.45) is 17.6 Å². The second kappa shape index (κ2) is 9.36. The third kappa shape index (κ3) is 4.92. The van der Waals surface area contributed by atoms with Crippen LogP contribution < -0.4 is 11.1 Å². The van der Waals surface area contributed by atoms with Crippen molar-refractivity contribution in [3.8, 4) is 0 Å². The number of nitrogens with two attached hydrogens (primary N) is 1. The second-order valence-electron chi connectivity index (χ2n) is 5.67. The monoisotopic (exact) mass is 384 g/mol. The Balaban J connectivity index is 0.00000208. The molecule has 3 rings (SSSR count). The number of amides is 1. The number of hydrogen-bond acceptors (Lipinski definition) is 6. The molecule has 0 aliphatic heterocycles. The maximum Gasteiger partial charge on any atom is 0.229 e. The van der Waals surface area contributed by atoms with E-state index in [1.54, 1.807) is 11.8 Å². The first-order valence-electron chi connectivity index (χ1n) is 7.77. The molecule has 3 N–H and O–H groups in total. The van der Waals surface area contributed by atoms with Crippen LogP contribution in [0.5, 0.6) is 0 Å². The van der Waals surface area contributed by atoms with Crippen LogP contribution in [0.2, 0.25) is 0 Å². The summed E-state index contributed by atoms with van der Waals surface area (Å²) in [7, 11) is 0. The summed E-state index contributed by atoms with van der Waals surface area (Å²) in [5.41, 5.74) is 6.99. The first-order valence-corrected chi connectivity index (χ1v) is 9.57. The van der Waals surface area contributed by atoms with Crippen LogP contribution in [-0.2, 0) is 10.5 Å². The normalized spacial score (nSPS) is 19.7. The quantitative estimate of drug-likeness (QED) is 0.587. The van der Waals surface area contributed by atoms with Crippen LogP contribution in [0, 0.1) is 11.8 Å². The molecule has 0 unspecified atom stereocenters. The standard InChI is InChI=1S/C16H20N4OS2.ClH/c17-9-12-7-4-8-13(12)14(21)18-15-19-20-16(23-15)22-10-11-5-2-1-3-6-11;/h1-3,5-6,12-13H,4,7-10,17H2,(H,18,19,21);1H/t12-,13-;/m1./s1. The van der Waals surface area contributed by atoms with Gasteiger partial charge in [0.05, 0.1) is 0 Å². The van der Waals surface area contributed by atoms with Gasteiger partial charge in [0.25, 0.3) is 0 Å². The molecule has 1 aromatic heterocycles. The maximum atomic E-state index is 12.3. The number of halogens is 1. The number of hydrogen-bond donors (Lipinski definition) is 2. The maximum absolute atomic E-state index is 12.3. The third-order valence-corrected chi connectivity index (χ3v) is 6.18. The zero-order valence-corrected chi connectivity index (χ0v) is 15.6. The van der Waals surface area contributed by atoms with E-state index < -0.39 is 0 Å². The van der Waals surface area contributed by atoms with Crippen molar-refractivity contribution in [1.82, 2.24) is 10.2 Å². The number of rotatable bonds is 6. The summed E-state index contributed by atoms with van der Waals surface area (Å²) in [5.74, 6) is 1.20. The van der Waals surface area contributed by atoms with E-state index in [1.165, 1.54) is 16.9 Å². The second-order valence-corrected chi connectivity index (χ2v) is 7.87. The number of anilines is 1. The molecule has 1 heterocycles. The van der Waals surface area contributed by atoms with Crippen molar-refractivity contribution < 1.29 is 4.79 Å². The molecule has 0 bridgehead atoms. The largest absolute Gasteiger partial charge is 0.330 e. The highest BCUT2D eigenvalue weighted by Crippen LogP contribution is 2.33. The number of nitrogens with one attached hydrogen (secondary N) is 1. The molecule has 1 aliphatic carbocycles. The zero-order chi connectivity index (χ0) is 16.1. The highest BCUT2D eigenvalue weighted by atomic mass is 35.5. The Morgan fingerprint density at radius 2 is 2.08 bits per heavy atom. The number of benzene rings is 1. The molecule has 0 radical (unpaired) electrons. The fraction of sp³-hybridized carbons (Fsp3) is 0.438. The Kier molecular flexibility index (Phi) is 7.48. The Morgan fingerprint density at radius 3 is 2.83 bits per heavy atom. The number of thioether (sulfide) groups is 1. The average molecular weight is 385 g/mol. The van der Waals surface area contributed by atoms with Crippen LogP contribution >= 0.6 is 35.5 Å². The van der Waals surface area contributed by atoms with E-state index in [9.17, 15) is 4.79 Å². The molecule has 5 nitrogen and oxygen atoms in total. The summed E-state index contributed by atoms with van der Waals surface area (Å²) < 4.78 is 0.867. The van der Waals surface area contributed by atoms with E-state index in [2.05, 4.69) is 27.6 Å². The number of nitrogens with zero attached hydrogens (tertiary/aromatic N) is 2. The lowest BCUT2D eigenvalue weighted by molar-refractivity contribution is -0.120. The van der Waals surface area contributed by atoms with Crippen LogP contribution in [0.15, 0.2) is 34.7 Å². The predicted octanol–water partition coefficient (Wildman–Crippen LogP) is 3.57. The molecular formula is C16H21ClN4OS2. The van der Waals surface area contributed by atoms with E-state index in [1.807, 2.05) is 18.2 Å². The van der Waals surface area contributed by atoms with E-state index in [-0.39, 0.29) is 24.2 Å². The van der Waals surface area contributed by atoms with Gasteiger partial charge < -0.3 is 11.1 Å². The fourth-order valence-electron chi connectivity index (χ4n) is 2.90. The van der Waals surface area contributed by atoms with Gasteiger partial charge in [-0.15, -0.1) is 22.6 Å². The molecule has 24 heavy (non-hydrogen) atoms. The van der Waals surface area contributed by atoms with Crippen molar-refractivity contribution in [2.45, 2.75) is 29.4 Å². The summed E-state index contributed by atoms with van der Waals surface area (Å²) >= 11 is 3.06. The van der Waals surface area contributed by atoms with Crippen molar-refractivity contribution in [3.05, 3.63) is 35.9 Å². The minimum absolute atomic E-state index is 0. The van der Waals surface area contributed by atoms with Gasteiger partial charge in [0.1, 0.15) is 0 Å². The highest BCUT2D eigenvalue weighted by Gasteiger charge is 2.32.